The first-order valence-electron chi connectivity index (χ1n) is 4.65. The Kier molecular flexibility index (Phi) is 2.88. The number of nitrogens with two attached hydrogens (primary N) is 1. The van der Waals surface area contributed by atoms with Crippen LogP contribution in [0, 0.1) is 0 Å². The van der Waals surface area contributed by atoms with Crippen LogP contribution in [0.3, 0.4) is 0 Å². The van der Waals surface area contributed by atoms with E-state index in [9.17, 15) is 0 Å². The number of nitrogen functional groups attached to an aromatic ring is 1. The fourth-order valence-corrected chi connectivity index (χ4v) is 2.43. The highest BCUT2D eigenvalue weighted by Gasteiger charge is 2.22. The highest BCUT2D eigenvalue weighted by Crippen LogP contribution is 2.30. The van der Waals surface area contributed by atoms with Gasteiger partial charge in [-0.2, -0.15) is 0 Å². The van der Waals surface area contributed by atoms with Crippen LogP contribution in [-0.4, -0.2) is 28.4 Å². The summed E-state index contributed by atoms with van der Waals surface area (Å²) in [7, 11) is 0. The molecule has 1 aliphatic rings. The van der Waals surface area contributed by atoms with Crippen LogP contribution in [0.4, 0.5) is 5.82 Å². The van der Waals surface area contributed by atoms with Crippen molar-refractivity contribution < 1.29 is 4.74 Å². The molecule has 0 spiro atoms. The van der Waals surface area contributed by atoms with E-state index in [1.165, 1.54) is 6.33 Å². The van der Waals surface area contributed by atoms with Gasteiger partial charge in [0.15, 0.2) is 0 Å². The molecule has 76 valence electrons. The Hall–Kier alpha value is -0.810. The predicted octanol–water partition coefficient (Wildman–Crippen LogP) is 1.11. The van der Waals surface area contributed by atoms with Crippen LogP contribution in [0.5, 0.6) is 0 Å². The Morgan fingerprint density at radius 3 is 2.93 bits per heavy atom. The Morgan fingerprint density at radius 1 is 1.57 bits per heavy atom. The van der Waals surface area contributed by atoms with E-state index in [0.717, 1.165) is 30.2 Å². The summed E-state index contributed by atoms with van der Waals surface area (Å²) in [6, 6.07) is 0. The molecule has 2 N–H and O–H groups in total. The van der Waals surface area contributed by atoms with E-state index in [1.807, 2.05) is 0 Å². The fraction of sp³-hybridized carbons (Fsp3) is 0.556. The van der Waals surface area contributed by atoms with E-state index < -0.39 is 0 Å². The molecule has 2 rings (SSSR count). The molecule has 1 aromatic rings. The van der Waals surface area contributed by atoms with Crippen molar-refractivity contribution in [1.29, 1.82) is 0 Å². The number of hydrogen-bond donors (Lipinski definition) is 1. The van der Waals surface area contributed by atoms with Crippen LogP contribution in [0.25, 0.3) is 0 Å². The molecule has 1 aromatic heterocycles. The average Bonchev–Trinajstić information content (AvgIpc) is 2.11. The summed E-state index contributed by atoms with van der Waals surface area (Å²) in [5.74, 6) is 0.602. The van der Waals surface area contributed by atoms with E-state index >= 15 is 0 Å². The lowest BCUT2D eigenvalue weighted by Crippen LogP contribution is -2.30. The molecule has 0 radical (unpaired) electrons. The summed E-state index contributed by atoms with van der Waals surface area (Å²) < 4.78 is 5.12. The maximum absolute atomic E-state index is 5.77. The Morgan fingerprint density at radius 2 is 2.36 bits per heavy atom. The third kappa shape index (κ3) is 1.83. The first kappa shape index (κ1) is 9.73. The molecule has 0 bridgehead atoms. The monoisotopic (exact) mass is 211 g/mol. The third-order valence-corrected chi connectivity index (χ3v) is 3.36. The van der Waals surface area contributed by atoms with Crippen LogP contribution in [0.2, 0.25) is 0 Å². The maximum atomic E-state index is 5.77. The number of nitrogens with zero attached hydrogens (tertiary/aromatic N) is 2. The van der Waals surface area contributed by atoms with Crippen molar-refractivity contribution in [3.8, 4) is 0 Å². The molecule has 5 heteroatoms. The number of ether oxygens (including phenoxy) is 1. The van der Waals surface area contributed by atoms with Crippen molar-refractivity contribution in [1.82, 2.24) is 9.97 Å². The number of hydrogen-bond acceptors (Lipinski definition) is 5. The zero-order chi connectivity index (χ0) is 9.97. The summed E-state index contributed by atoms with van der Waals surface area (Å²) in [5, 5.41) is 1.54. The molecule has 0 unspecified atom stereocenters. The Labute approximate surface area is 87.3 Å². The predicted molar refractivity (Wildman–Crippen MR) is 56.3 cm³/mol. The molecule has 0 aromatic carbocycles. The van der Waals surface area contributed by atoms with Gasteiger partial charge in [0.2, 0.25) is 0 Å². The smallest absolute Gasteiger partial charge is 0.131 e. The largest absolute Gasteiger partial charge is 0.383 e. The molecule has 0 atom stereocenters. The highest BCUT2D eigenvalue weighted by molar-refractivity contribution is 8.00. The minimum absolute atomic E-state index is 0.537. The fourth-order valence-electron chi connectivity index (χ4n) is 1.28. The Balaban J connectivity index is 2.17. The molecule has 0 amide bonds. The van der Waals surface area contributed by atoms with Crippen molar-refractivity contribution in [3.63, 3.8) is 0 Å². The summed E-state index contributed by atoms with van der Waals surface area (Å²) >= 11 is 1.74. The van der Waals surface area contributed by atoms with Crippen molar-refractivity contribution in [2.24, 2.45) is 0 Å². The molecular formula is C9H13N3OS. The minimum atomic E-state index is 0.537. The van der Waals surface area contributed by atoms with Crippen molar-refractivity contribution in [2.45, 2.75) is 23.6 Å². The van der Waals surface area contributed by atoms with Gasteiger partial charge >= 0.3 is 0 Å². The molecule has 4 nitrogen and oxygen atoms in total. The minimum Gasteiger partial charge on any atom is -0.383 e. The third-order valence-electron chi connectivity index (χ3n) is 2.18. The first-order valence-corrected chi connectivity index (χ1v) is 5.53. The lowest BCUT2D eigenvalue weighted by atomic mass is 10.2. The number of thioether (sulfide) groups is 1. The standard InChI is InChI=1S/C9H13N3OS/c1-2-7-8(10)11-5-12-9(7)14-6-3-13-4-6/h5-6H,2-4H2,1H3,(H2,10,11,12). The van der Waals surface area contributed by atoms with Gasteiger partial charge in [0.25, 0.3) is 0 Å². The van der Waals surface area contributed by atoms with E-state index in [-0.39, 0.29) is 0 Å². The van der Waals surface area contributed by atoms with E-state index in [4.69, 9.17) is 10.5 Å². The molecule has 1 aliphatic heterocycles. The van der Waals surface area contributed by atoms with Crippen LogP contribution in [-0.2, 0) is 11.2 Å². The zero-order valence-corrected chi connectivity index (χ0v) is 8.88. The molecule has 0 aliphatic carbocycles. The molecule has 1 fully saturated rings. The number of anilines is 1. The van der Waals surface area contributed by atoms with Crippen LogP contribution in [0.1, 0.15) is 12.5 Å². The topological polar surface area (TPSA) is 61.0 Å². The summed E-state index contributed by atoms with van der Waals surface area (Å²) in [4.78, 5) is 8.23. The average molecular weight is 211 g/mol. The number of aromatic nitrogens is 2. The second-order valence-electron chi connectivity index (χ2n) is 3.17. The Bertz CT molecular complexity index is 328. The normalized spacial score (nSPS) is 16.6. The van der Waals surface area contributed by atoms with E-state index in [1.54, 1.807) is 11.8 Å². The van der Waals surface area contributed by atoms with Crippen LogP contribution >= 0.6 is 11.8 Å². The lowest BCUT2D eigenvalue weighted by molar-refractivity contribution is 0.0454. The van der Waals surface area contributed by atoms with Gasteiger partial charge in [0.05, 0.1) is 18.5 Å². The second kappa shape index (κ2) is 4.14. The molecule has 1 saturated heterocycles. The molecule has 14 heavy (non-hydrogen) atoms. The lowest BCUT2D eigenvalue weighted by Gasteiger charge is -2.25. The molecule has 2 heterocycles. The quantitative estimate of drug-likeness (QED) is 0.759. The number of rotatable bonds is 3. The van der Waals surface area contributed by atoms with Gasteiger partial charge in [-0.05, 0) is 6.42 Å². The maximum Gasteiger partial charge on any atom is 0.131 e. The highest BCUT2D eigenvalue weighted by atomic mass is 32.2. The first-order chi connectivity index (χ1) is 6.81. The summed E-state index contributed by atoms with van der Waals surface area (Å²) in [5.41, 5.74) is 6.83. The van der Waals surface area contributed by atoms with Crippen molar-refractivity contribution in [2.75, 3.05) is 18.9 Å². The van der Waals surface area contributed by atoms with Crippen molar-refractivity contribution >= 4 is 17.6 Å². The van der Waals surface area contributed by atoms with Crippen molar-refractivity contribution in [3.05, 3.63) is 11.9 Å². The van der Waals surface area contributed by atoms with Gasteiger partial charge in [-0.3, -0.25) is 0 Å². The van der Waals surface area contributed by atoms with Gasteiger partial charge in [-0.15, -0.1) is 0 Å². The van der Waals surface area contributed by atoms with Gasteiger partial charge in [-0.1, -0.05) is 18.7 Å². The SMILES string of the molecule is CCc1c(N)ncnc1SC1COC1. The summed E-state index contributed by atoms with van der Waals surface area (Å²) in [6.45, 7) is 3.70. The van der Waals surface area contributed by atoms with Crippen LogP contribution in [0.15, 0.2) is 11.4 Å². The zero-order valence-electron chi connectivity index (χ0n) is 8.06. The molecular weight excluding hydrogens is 198 g/mol. The second-order valence-corrected chi connectivity index (χ2v) is 4.46. The van der Waals surface area contributed by atoms with E-state index in [0.29, 0.717) is 11.1 Å². The van der Waals surface area contributed by atoms with Crippen LogP contribution < -0.4 is 5.73 Å². The summed E-state index contributed by atoms with van der Waals surface area (Å²) in [6.07, 6.45) is 2.40. The van der Waals surface area contributed by atoms with E-state index in [2.05, 4.69) is 16.9 Å². The van der Waals surface area contributed by atoms with Gasteiger partial charge in [-0.25, -0.2) is 9.97 Å². The van der Waals surface area contributed by atoms with Gasteiger partial charge in [0, 0.05) is 5.56 Å². The van der Waals surface area contributed by atoms with Gasteiger partial charge in [0.1, 0.15) is 17.2 Å². The molecule has 0 saturated carbocycles. The van der Waals surface area contributed by atoms with Gasteiger partial charge < -0.3 is 10.5 Å².